The second-order valence-corrected chi connectivity index (χ2v) is 7.48. The summed E-state index contributed by atoms with van der Waals surface area (Å²) in [6.07, 6.45) is 5.95. The second kappa shape index (κ2) is 5.90. The first kappa shape index (κ1) is 15.3. The summed E-state index contributed by atoms with van der Waals surface area (Å²) in [4.78, 5) is 14.9. The van der Waals surface area contributed by atoms with Crippen molar-refractivity contribution in [2.75, 3.05) is 13.1 Å². The highest BCUT2D eigenvalue weighted by molar-refractivity contribution is 7.07. The van der Waals surface area contributed by atoms with Crippen LogP contribution in [0.25, 0.3) is 0 Å². The van der Waals surface area contributed by atoms with Gasteiger partial charge in [0.25, 0.3) is 0 Å². The minimum atomic E-state index is 0. The number of nitrogens with zero attached hydrogens (tertiary/aromatic N) is 1. The van der Waals surface area contributed by atoms with Crippen LogP contribution in [-0.4, -0.2) is 29.9 Å². The molecule has 1 aromatic heterocycles. The van der Waals surface area contributed by atoms with Crippen LogP contribution >= 0.6 is 23.7 Å². The fourth-order valence-electron chi connectivity index (χ4n) is 3.71. The van der Waals surface area contributed by atoms with E-state index in [1.165, 1.54) is 24.8 Å². The maximum Gasteiger partial charge on any atom is 0.226 e. The van der Waals surface area contributed by atoms with Gasteiger partial charge in [-0.2, -0.15) is 11.3 Å². The molecule has 1 aromatic rings. The average Bonchev–Trinajstić information content (AvgIpc) is 3.37. The number of carbonyl (C=O) groups excluding carboxylic acids is 1. The predicted molar refractivity (Wildman–Crippen MR) is 87.8 cm³/mol. The molecule has 0 radical (unpaired) electrons. The van der Waals surface area contributed by atoms with Crippen LogP contribution in [0.4, 0.5) is 0 Å². The fourth-order valence-corrected chi connectivity index (χ4v) is 4.37. The molecule has 5 heteroatoms. The molecule has 1 aliphatic heterocycles. The standard InChI is InChI=1S/C16H22N2OS.ClH/c19-15(13-1-2-13)18(10-12-3-8-20-11-12)14-9-16(14)4-6-17-7-5-16;/h3,8,11,13-14,17H,1-2,4-7,9-10H2;1H. The van der Waals surface area contributed by atoms with Crippen LogP contribution in [0.5, 0.6) is 0 Å². The van der Waals surface area contributed by atoms with Crippen LogP contribution < -0.4 is 5.32 Å². The van der Waals surface area contributed by atoms with Crippen LogP contribution in [0.2, 0.25) is 0 Å². The van der Waals surface area contributed by atoms with Gasteiger partial charge in [-0.15, -0.1) is 12.4 Å². The Balaban J connectivity index is 0.00000132. The molecule has 1 N–H and O–H groups in total. The quantitative estimate of drug-likeness (QED) is 0.922. The van der Waals surface area contributed by atoms with Gasteiger partial charge in [-0.1, -0.05) is 0 Å². The third-order valence-corrected chi connectivity index (χ3v) is 6.00. The molecular weight excluding hydrogens is 304 g/mol. The number of rotatable bonds is 4. The van der Waals surface area contributed by atoms with E-state index in [-0.39, 0.29) is 12.4 Å². The maximum absolute atomic E-state index is 12.7. The summed E-state index contributed by atoms with van der Waals surface area (Å²) < 4.78 is 0. The molecule has 4 rings (SSSR count). The predicted octanol–water partition coefficient (Wildman–Crippen LogP) is 3.05. The van der Waals surface area contributed by atoms with Crippen molar-refractivity contribution in [1.29, 1.82) is 0 Å². The molecule has 3 aliphatic rings. The molecule has 1 atom stereocenters. The average molecular weight is 327 g/mol. The first-order chi connectivity index (χ1) is 9.78. The molecule has 21 heavy (non-hydrogen) atoms. The van der Waals surface area contributed by atoms with Gasteiger partial charge < -0.3 is 10.2 Å². The Hall–Kier alpha value is -0.580. The van der Waals surface area contributed by atoms with Crippen molar-refractivity contribution >= 4 is 29.7 Å². The molecule has 2 saturated carbocycles. The zero-order chi connectivity index (χ0) is 13.6. The SMILES string of the molecule is Cl.O=C(C1CC1)N(Cc1ccsc1)C1CC12CCNCC2. The third kappa shape index (κ3) is 2.99. The molecule has 0 aromatic carbocycles. The molecule has 3 nitrogen and oxygen atoms in total. The number of nitrogens with one attached hydrogen (secondary N) is 1. The van der Waals surface area contributed by atoms with Crippen molar-refractivity contribution in [3.63, 3.8) is 0 Å². The highest BCUT2D eigenvalue weighted by Crippen LogP contribution is 2.56. The number of thiophene rings is 1. The molecule has 0 bridgehead atoms. The van der Waals surface area contributed by atoms with E-state index >= 15 is 0 Å². The van der Waals surface area contributed by atoms with Crippen LogP contribution in [0.15, 0.2) is 16.8 Å². The van der Waals surface area contributed by atoms with Crippen molar-refractivity contribution in [3.05, 3.63) is 22.4 Å². The zero-order valence-electron chi connectivity index (χ0n) is 12.2. The monoisotopic (exact) mass is 326 g/mol. The maximum atomic E-state index is 12.7. The smallest absolute Gasteiger partial charge is 0.226 e. The molecule has 2 heterocycles. The Morgan fingerprint density at radius 2 is 2.14 bits per heavy atom. The van der Waals surface area contributed by atoms with E-state index < -0.39 is 0 Å². The lowest BCUT2D eigenvalue weighted by Crippen LogP contribution is -2.39. The zero-order valence-corrected chi connectivity index (χ0v) is 13.8. The fraction of sp³-hybridized carbons (Fsp3) is 0.688. The van der Waals surface area contributed by atoms with E-state index in [1.807, 2.05) is 0 Å². The van der Waals surface area contributed by atoms with E-state index in [0.717, 1.165) is 32.5 Å². The normalized spacial score (nSPS) is 26.2. The van der Waals surface area contributed by atoms with Gasteiger partial charge in [-0.25, -0.2) is 0 Å². The molecule has 2 aliphatic carbocycles. The van der Waals surface area contributed by atoms with Gasteiger partial charge >= 0.3 is 0 Å². The van der Waals surface area contributed by atoms with Gasteiger partial charge in [0.05, 0.1) is 0 Å². The lowest BCUT2D eigenvalue weighted by atomic mass is 9.93. The summed E-state index contributed by atoms with van der Waals surface area (Å²) in [7, 11) is 0. The van der Waals surface area contributed by atoms with E-state index in [2.05, 4.69) is 27.0 Å². The Bertz CT molecular complexity index is 494. The lowest BCUT2D eigenvalue weighted by molar-refractivity contribution is -0.134. The summed E-state index contributed by atoms with van der Waals surface area (Å²) in [5.41, 5.74) is 1.76. The minimum Gasteiger partial charge on any atom is -0.335 e. The minimum absolute atomic E-state index is 0. The highest BCUT2D eigenvalue weighted by atomic mass is 35.5. The number of halogens is 1. The molecule has 1 amide bonds. The first-order valence-corrected chi connectivity index (χ1v) is 8.75. The lowest BCUT2D eigenvalue weighted by Gasteiger charge is -2.29. The van der Waals surface area contributed by atoms with Gasteiger partial charge in [0, 0.05) is 18.5 Å². The Morgan fingerprint density at radius 3 is 2.76 bits per heavy atom. The second-order valence-electron chi connectivity index (χ2n) is 6.70. The molecular formula is C16H23ClN2OS. The van der Waals surface area contributed by atoms with Crippen molar-refractivity contribution in [1.82, 2.24) is 10.2 Å². The molecule has 1 saturated heterocycles. The van der Waals surface area contributed by atoms with Gasteiger partial charge in [-0.05, 0) is 73.0 Å². The molecule has 116 valence electrons. The highest BCUT2D eigenvalue weighted by Gasteiger charge is 2.58. The number of hydrogen-bond donors (Lipinski definition) is 1. The van der Waals surface area contributed by atoms with Crippen molar-refractivity contribution in [2.45, 2.75) is 44.7 Å². The van der Waals surface area contributed by atoms with Crippen LogP contribution in [0.1, 0.15) is 37.7 Å². The Morgan fingerprint density at radius 1 is 1.38 bits per heavy atom. The van der Waals surface area contributed by atoms with E-state index in [0.29, 0.717) is 23.3 Å². The van der Waals surface area contributed by atoms with E-state index in [1.54, 1.807) is 11.3 Å². The molecule has 1 spiro atoms. The number of piperidine rings is 1. The molecule has 1 unspecified atom stereocenters. The van der Waals surface area contributed by atoms with E-state index in [9.17, 15) is 4.79 Å². The first-order valence-electron chi connectivity index (χ1n) is 7.81. The summed E-state index contributed by atoms with van der Waals surface area (Å²) in [6.45, 7) is 3.08. The van der Waals surface area contributed by atoms with Crippen molar-refractivity contribution in [3.8, 4) is 0 Å². The summed E-state index contributed by atoms with van der Waals surface area (Å²) in [6, 6.07) is 2.67. The van der Waals surface area contributed by atoms with Gasteiger partial charge in [-0.3, -0.25) is 4.79 Å². The topological polar surface area (TPSA) is 32.3 Å². The third-order valence-electron chi connectivity index (χ3n) is 5.26. The van der Waals surface area contributed by atoms with Crippen molar-refractivity contribution in [2.24, 2.45) is 11.3 Å². The molecule has 3 fully saturated rings. The van der Waals surface area contributed by atoms with Crippen molar-refractivity contribution < 1.29 is 4.79 Å². The Kier molecular flexibility index (Phi) is 4.30. The van der Waals surface area contributed by atoms with Gasteiger partial charge in [0.1, 0.15) is 0 Å². The number of amides is 1. The number of hydrogen-bond acceptors (Lipinski definition) is 3. The summed E-state index contributed by atoms with van der Waals surface area (Å²) >= 11 is 1.73. The van der Waals surface area contributed by atoms with E-state index in [4.69, 9.17) is 0 Å². The van der Waals surface area contributed by atoms with Gasteiger partial charge in [0.15, 0.2) is 0 Å². The number of carbonyl (C=O) groups is 1. The van der Waals surface area contributed by atoms with Crippen LogP contribution in [0.3, 0.4) is 0 Å². The summed E-state index contributed by atoms with van der Waals surface area (Å²) in [5, 5.41) is 7.75. The van der Waals surface area contributed by atoms with Crippen LogP contribution in [-0.2, 0) is 11.3 Å². The summed E-state index contributed by atoms with van der Waals surface area (Å²) in [5.74, 6) is 0.768. The Labute approximate surface area is 136 Å². The largest absolute Gasteiger partial charge is 0.335 e. The van der Waals surface area contributed by atoms with Crippen LogP contribution in [0, 0.1) is 11.3 Å². The van der Waals surface area contributed by atoms with Gasteiger partial charge in [0.2, 0.25) is 5.91 Å².